The lowest BCUT2D eigenvalue weighted by molar-refractivity contribution is -0.136. The molecule has 5 rings (SSSR count). The highest BCUT2D eigenvalue weighted by molar-refractivity contribution is 5.90. The van der Waals surface area contributed by atoms with Gasteiger partial charge in [0.1, 0.15) is 6.04 Å². The molecule has 42 heavy (non-hydrogen) atoms. The first kappa shape index (κ1) is 29.6. The lowest BCUT2D eigenvalue weighted by Gasteiger charge is -2.42. The number of H-pyrrole nitrogens is 1. The van der Waals surface area contributed by atoms with Crippen molar-refractivity contribution in [3.05, 3.63) is 71.4 Å². The van der Waals surface area contributed by atoms with Crippen molar-refractivity contribution in [3.8, 4) is 0 Å². The molecule has 1 saturated heterocycles. The minimum absolute atomic E-state index is 0.0769. The molecule has 4 amide bonds. The molecule has 3 atom stereocenters. The maximum Gasteiger partial charge on any atom is 0.318 e. The molecule has 9 heteroatoms. The smallest absolute Gasteiger partial charge is 0.318 e. The third-order valence-electron chi connectivity index (χ3n) is 9.50. The van der Waals surface area contributed by atoms with Crippen LogP contribution < -0.4 is 11.1 Å². The number of nitrogens with zero attached hydrogens (tertiary/aromatic N) is 3. The van der Waals surface area contributed by atoms with E-state index < -0.39 is 6.04 Å². The van der Waals surface area contributed by atoms with E-state index in [9.17, 15) is 14.4 Å². The molecule has 2 aliphatic rings. The molecule has 2 aromatic carbocycles. The number of hydrogen-bond acceptors (Lipinski definition) is 4. The SMILES string of the molecule is CCN(CCN)C(=O)NC(C(=O)N1CCC2(CC1)CC(C(=O)N(C)C)c1ccccc12)C(C)c1c[nH]c2ccccc12. The Bertz CT molecular complexity index is 1440. The fourth-order valence-electron chi connectivity index (χ4n) is 7.09. The van der Waals surface area contributed by atoms with Crippen LogP contribution in [0.15, 0.2) is 54.7 Å². The molecule has 1 aliphatic carbocycles. The minimum Gasteiger partial charge on any atom is -0.361 e. The highest BCUT2D eigenvalue weighted by Crippen LogP contribution is 2.52. The first-order chi connectivity index (χ1) is 20.2. The number of carbonyl (C=O) groups is 3. The monoisotopic (exact) mass is 572 g/mol. The number of aromatic amines is 1. The van der Waals surface area contributed by atoms with Crippen LogP contribution in [0, 0.1) is 0 Å². The topological polar surface area (TPSA) is 115 Å². The number of amides is 4. The summed E-state index contributed by atoms with van der Waals surface area (Å²) < 4.78 is 0. The first-order valence-corrected chi connectivity index (χ1v) is 15.1. The second-order valence-electron chi connectivity index (χ2n) is 12.1. The summed E-state index contributed by atoms with van der Waals surface area (Å²) in [6, 6.07) is 15.3. The van der Waals surface area contributed by atoms with Gasteiger partial charge in [-0.3, -0.25) is 9.59 Å². The summed E-state index contributed by atoms with van der Waals surface area (Å²) in [4.78, 5) is 49.3. The Balaban J connectivity index is 1.39. The van der Waals surface area contributed by atoms with Gasteiger partial charge in [-0.05, 0) is 48.9 Å². The van der Waals surface area contributed by atoms with Gasteiger partial charge in [0.2, 0.25) is 11.8 Å². The Morgan fingerprint density at radius 3 is 2.48 bits per heavy atom. The van der Waals surface area contributed by atoms with Crippen LogP contribution in [-0.4, -0.2) is 90.4 Å². The second kappa shape index (κ2) is 12.2. The van der Waals surface area contributed by atoms with Crippen LogP contribution in [0.2, 0.25) is 0 Å². The van der Waals surface area contributed by atoms with Gasteiger partial charge in [-0.25, -0.2) is 4.79 Å². The number of hydrogen-bond donors (Lipinski definition) is 3. The molecule has 224 valence electrons. The van der Waals surface area contributed by atoms with Crippen LogP contribution in [0.4, 0.5) is 4.79 Å². The fraction of sp³-hybridized carbons (Fsp3) is 0.485. The Kier molecular flexibility index (Phi) is 8.59. The summed E-state index contributed by atoms with van der Waals surface area (Å²) in [7, 11) is 3.63. The zero-order valence-corrected chi connectivity index (χ0v) is 25.2. The summed E-state index contributed by atoms with van der Waals surface area (Å²) in [5.41, 5.74) is 9.98. The standard InChI is InChI=1S/C33H44N6O3/c1-5-38(19-16-34)32(42)36-29(22(2)26-21-35-28-13-9-7-11-24(26)28)31(41)39-17-14-33(15-18-39)20-25(30(40)37(3)4)23-10-6-8-12-27(23)33/h6-13,21-22,25,29,35H,5,14-20,34H2,1-4H3,(H,36,42). The largest absolute Gasteiger partial charge is 0.361 e. The molecule has 4 N–H and O–H groups in total. The lowest BCUT2D eigenvalue weighted by atomic mass is 9.73. The molecule has 0 saturated carbocycles. The van der Waals surface area contributed by atoms with Gasteiger partial charge in [0.15, 0.2) is 0 Å². The zero-order valence-electron chi connectivity index (χ0n) is 25.2. The molecule has 1 fully saturated rings. The number of aromatic nitrogens is 1. The molecule has 3 unspecified atom stereocenters. The number of rotatable bonds is 8. The van der Waals surface area contributed by atoms with Crippen LogP contribution in [0.5, 0.6) is 0 Å². The number of likely N-dealkylation sites (tertiary alicyclic amines) is 1. The quantitative estimate of drug-likeness (QED) is 0.381. The molecule has 1 aliphatic heterocycles. The van der Waals surface area contributed by atoms with Gasteiger partial charge in [0, 0.05) is 75.3 Å². The molecule has 0 radical (unpaired) electrons. The van der Waals surface area contributed by atoms with E-state index in [1.807, 2.05) is 69.4 Å². The summed E-state index contributed by atoms with van der Waals surface area (Å²) in [6.45, 7) is 6.34. The number of carbonyl (C=O) groups excluding carboxylic acids is 3. The molecular formula is C33H44N6O3. The van der Waals surface area contributed by atoms with E-state index in [0.717, 1.165) is 41.3 Å². The second-order valence-corrected chi connectivity index (χ2v) is 12.1. The Morgan fingerprint density at radius 1 is 1.10 bits per heavy atom. The van der Waals surface area contributed by atoms with Crippen molar-refractivity contribution < 1.29 is 14.4 Å². The highest BCUT2D eigenvalue weighted by atomic mass is 16.2. The number of benzene rings is 2. The average Bonchev–Trinajstić information content (AvgIpc) is 3.58. The molecule has 3 aromatic rings. The lowest BCUT2D eigenvalue weighted by Crippen LogP contribution is -2.56. The predicted molar refractivity (Wildman–Crippen MR) is 165 cm³/mol. The van der Waals surface area contributed by atoms with E-state index in [1.54, 1.807) is 9.80 Å². The van der Waals surface area contributed by atoms with Crippen molar-refractivity contribution in [2.45, 2.75) is 56.4 Å². The van der Waals surface area contributed by atoms with Crippen LogP contribution in [0.1, 0.15) is 61.6 Å². The van der Waals surface area contributed by atoms with Gasteiger partial charge < -0.3 is 30.7 Å². The summed E-state index contributed by atoms with van der Waals surface area (Å²) in [6.07, 6.45) is 4.27. The number of nitrogens with one attached hydrogen (secondary N) is 2. The number of urea groups is 1. The molecule has 9 nitrogen and oxygen atoms in total. The van der Waals surface area contributed by atoms with E-state index in [0.29, 0.717) is 32.7 Å². The van der Waals surface area contributed by atoms with Gasteiger partial charge in [-0.1, -0.05) is 49.4 Å². The summed E-state index contributed by atoms with van der Waals surface area (Å²) >= 11 is 0. The van der Waals surface area contributed by atoms with Crippen LogP contribution in [-0.2, 0) is 15.0 Å². The first-order valence-electron chi connectivity index (χ1n) is 15.1. The van der Waals surface area contributed by atoms with Crippen molar-refractivity contribution in [2.75, 3.05) is 46.8 Å². The third-order valence-corrected chi connectivity index (χ3v) is 9.50. The van der Waals surface area contributed by atoms with E-state index >= 15 is 0 Å². The Labute approximate surface area is 248 Å². The molecule has 1 spiro atoms. The molecule has 0 bridgehead atoms. The average molecular weight is 573 g/mol. The fourth-order valence-corrected chi connectivity index (χ4v) is 7.09. The predicted octanol–water partition coefficient (Wildman–Crippen LogP) is 3.77. The van der Waals surface area contributed by atoms with Gasteiger partial charge >= 0.3 is 6.03 Å². The van der Waals surface area contributed by atoms with Gasteiger partial charge in [-0.15, -0.1) is 0 Å². The van der Waals surface area contributed by atoms with Crippen molar-refractivity contribution in [1.82, 2.24) is 25.0 Å². The van der Waals surface area contributed by atoms with Crippen LogP contribution >= 0.6 is 0 Å². The molecular weight excluding hydrogens is 528 g/mol. The van der Waals surface area contributed by atoms with Gasteiger partial charge in [-0.2, -0.15) is 0 Å². The maximum absolute atomic E-state index is 14.3. The minimum atomic E-state index is -0.739. The van der Waals surface area contributed by atoms with E-state index in [2.05, 4.69) is 28.5 Å². The summed E-state index contributed by atoms with van der Waals surface area (Å²) in [5, 5.41) is 4.13. The number of para-hydroxylation sites is 1. The third kappa shape index (κ3) is 5.38. The van der Waals surface area contributed by atoms with E-state index in [4.69, 9.17) is 5.73 Å². The Hall–Kier alpha value is -3.85. The van der Waals surface area contributed by atoms with Crippen LogP contribution in [0.3, 0.4) is 0 Å². The van der Waals surface area contributed by atoms with E-state index in [-0.39, 0.29) is 35.1 Å². The van der Waals surface area contributed by atoms with Gasteiger partial charge in [0.05, 0.1) is 5.92 Å². The maximum atomic E-state index is 14.3. The highest BCUT2D eigenvalue weighted by Gasteiger charge is 2.49. The zero-order chi connectivity index (χ0) is 30.0. The summed E-state index contributed by atoms with van der Waals surface area (Å²) in [5.74, 6) is -0.368. The number of nitrogens with two attached hydrogens (primary N) is 1. The van der Waals surface area contributed by atoms with Gasteiger partial charge in [0.25, 0.3) is 0 Å². The number of fused-ring (bicyclic) bond motifs is 3. The van der Waals surface area contributed by atoms with Crippen molar-refractivity contribution in [2.24, 2.45) is 5.73 Å². The Morgan fingerprint density at radius 2 is 1.79 bits per heavy atom. The van der Waals surface area contributed by atoms with Crippen molar-refractivity contribution in [1.29, 1.82) is 0 Å². The van der Waals surface area contributed by atoms with Crippen molar-refractivity contribution >= 4 is 28.7 Å². The number of piperidine rings is 1. The van der Waals surface area contributed by atoms with E-state index in [1.165, 1.54) is 5.56 Å². The molecule has 1 aromatic heterocycles. The number of likely N-dealkylation sites (N-methyl/N-ethyl adjacent to an activating group) is 2. The van der Waals surface area contributed by atoms with Crippen LogP contribution in [0.25, 0.3) is 10.9 Å². The molecule has 2 heterocycles. The van der Waals surface area contributed by atoms with Crippen molar-refractivity contribution in [3.63, 3.8) is 0 Å². The normalized spacial score (nSPS) is 18.9.